The first-order valence-electron chi connectivity index (χ1n) is 9.90. The predicted octanol–water partition coefficient (Wildman–Crippen LogP) is 6.09. The Bertz CT molecular complexity index is 1230. The highest BCUT2D eigenvalue weighted by Gasteiger charge is 2.20. The molecule has 0 saturated carbocycles. The molecule has 3 aromatic carbocycles. The van der Waals surface area contributed by atoms with Crippen molar-refractivity contribution in [2.24, 2.45) is 0 Å². The second kappa shape index (κ2) is 7.99. The van der Waals surface area contributed by atoms with E-state index in [0.717, 1.165) is 50.3 Å². The van der Waals surface area contributed by atoms with E-state index >= 15 is 0 Å². The average Bonchev–Trinajstić information content (AvgIpc) is 2.74. The molecule has 4 heteroatoms. The Balaban J connectivity index is 1.94. The van der Waals surface area contributed by atoms with Gasteiger partial charge in [-0.05, 0) is 74.4 Å². The number of anilines is 1. The van der Waals surface area contributed by atoms with Crippen molar-refractivity contribution in [3.8, 4) is 17.0 Å². The van der Waals surface area contributed by atoms with Crippen LogP contribution in [0.3, 0.4) is 0 Å². The zero-order valence-corrected chi connectivity index (χ0v) is 17.6. The lowest BCUT2D eigenvalue weighted by Crippen LogP contribution is -2.15. The molecule has 4 nitrogen and oxygen atoms in total. The van der Waals surface area contributed by atoms with E-state index in [1.165, 1.54) is 0 Å². The third-order valence-electron chi connectivity index (χ3n) is 5.29. The maximum absolute atomic E-state index is 13.4. The highest BCUT2D eigenvalue weighted by Crippen LogP contribution is 2.33. The number of benzene rings is 3. The fourth-order valence-corrected chi connectivity index (χ4v) is 3.85. The monoisotopic (exact) mass is 396 g/mol. The number of amides is 1. The molecule has 0 aliphatic heterocycles. The molecule has 4 aromatic rings. The Morgan fingerprint density at radius 2 is 1.63 bits per heavy atom. The summed E-state index contributed by atoms with van der Waals surface area (Å²) in [4.78, 5) is 18.4. The first-order chi connectivity index (χ1) is 14.5. The Labute approximate surface area is 176 Å². The number of nitrogens with zero attached hydrogens (tertiary/aromatic N) is 1. The SMILES string of the molecule is COc1ccc(-c2nc3c(C)cc(C)cc3c(C(=O)Nc3ccccc3)c2C)cc1. The van der Waals surface area contributed by atoms with Crippen molar-refractivity contribution in [3.63, 3.8) is 0 Å². The minimum Gasteiger partial charge on any atom is -0.497 e. The van der Waals surface area contributed by atoms with Crippen LogP contribution in [0.4, 0.5) is 5.69 Å². The second-order valence-corrected chi connectivity index (χ2v) is 7.49. The zero-order chi connectivity index (χ0) is 21.3. The Kier molecular flexibility index (Phi) is 5.23. The molecule has 0 bridgehead atoms. The molecule has 0 fully saturated rings. The van der Waals surface area contributed by atoms with Gasteiger partial charge < -0.3 is 10.1 Å². The minimum atomic E-state index is -0.133. The summed E-state index contributed by atoms with van der Waals surface area (Å²) in [5, 5.41) is 3.91. The predicted molar refractivity (Wildman–Crippen MR) is 122 cm³/mol. The molecule has 0 aliphatic carbocycles. The lowest BCUT2D eigenvalue weighted by atomic mass is 9.94. The third-order valence-corrected chi connectivity index (χ3v) is 5.29. The van der Waals surface area contributed by atoms with Crippen LogP contribution in [0.25, 0.3) is 22.2 Å². The minimum absolute atomic E-state index is 0.133. The zero-order valence-electron chi connectivity index (χ0n) is 17.6. The number of nitrogens with one attached hydrogen (secondary N) is 1. The molecule has 0 unspecified atom stereocenters. The van der Waals surface area contributed by atoms with Gasteiger partial charge in [0.05, 0.1) is 23.9 Å². The lowest BCUT2D eigenvalue weighted by molar-refractivity contribution is 0.102. The third kappa shape index (κ3) is 3.64. The summed E-state index contributed by atoms with van der Waals surface area (Å²) >= 11 is 0. The molecular formula is C26H24N2O2. The number of aromatic nitrogens is 1. The van der Waals surface area contributed by atoms with Gasteiger partial charge in [0.15, 0.2) is 0 Å². The molecule has 1 amide bonds. The summed E-state index contributed by atoms with van der Waals surface area (Å²) in [6, 6.07) is 21.4. The smallest absolute Gasteiger partial charge is 0.256 e. The Morgan fingerprint density at radius 3 is 2.30 bits per heavy atom. The van der Waals surface area contributed by atoms with Crippen LogP contribution in [0, 0.1) is 20.8 Å². The van der Waals surface area contributed by atoms with Crippen molar-refractivity contribution in [1.29, 1.82) is 0 Å². The summed E-state index contributed by atoms with van der Waals surface area (Å²) in [6.45, 7) is 6.04. The van der Waals surface area contributed by atoms with Gasteiger partial charge in [-0.25, -0.2) is 4.98 Å². The normalized spacial score (nSPS) is 10.8. The van der Waals surface area contributed by atoms with Crippen molar-refractivity contribution in [2.75, 3.05) is 12.4 Å². The van der Waals surface area contributed by atoms with Crippen LogP contribution in [-0.2, 0) is 0 Å². The molecule has 0 atom stereocenters. The molecular weight excluding hydrogens is 372 g/mol. The van der Waals surface area contributed by atoms with Crippen LogP contribution >= 0.6 is 0 Å². The number of carbonyl (C=O) groups excluding carboxylic acids is 1. The van der Waals surface area contributed by atoms with Crippen molar-refractivity contribution >= 4 is 22.5 Å². The van der Waals surface area contributed by atoms with E-state index in [9.17, 15) is 4.79 Å². The number of hydrogen-bond acceptors (Lipinski definition) is 3. The van der Waals surface area contributed by atoms with Gasteiger partial charge in [-0.1, -0.05) is 29.8 Å². The number of pyridine rings is 1. The maximum atomic E-state index is 13.4. The molecule has 4 rings (SSSR count). The van der Waals surface area contributed by atoms with Gasteiger partial charge in [-0.3, -0.25) is 4.79 Å². The van der Waals surface area contributed by atoms with Crippen LogP contribution in [-0.4, -0.2) is 18.0 Å². The Morgan fingerprint density at radius 1 is 0.933 bits per heavy atom. The van der Waals surface area contributed by atoms with E-state index in [-0.39, 0.29) is 5.91 Å². The molecule has 0 radical (unpaired) electrons. The quantitative estimate of drug-likeness (QED) is 0.454. The van der Waals surface area contributed by atoms with Crippen LogP contribution in [0.2, 0.25) is 0 Å². The van der Waals surface area contributed by atoms with E-state index in [1.54, 1.807) is 7.11 Å². The number of ether oxygens (including phenoxy) is 1. The first kappa shape index (κ1) is 19.6. The van der Waals surface area contributed by atoms with Crippen molar-refractivity contribution < 1.29 is 9.53 Å². The van der Waals surface area contributed by atoms with Gasteiger partial charge in [0.1, 0.15) is 5.75 Å². The standard InChI is InChI=1S/C26H24N2O2/c1-16-14-17(2)24-22(15-16)23(26(29)27-20-8-6-5-7-9-20)18(3)25(28-24)19-10-12-21(30-4)13-11-19/h5-15H,1-4H3,(H,27,29). The number of methoxy groups -OCH3 is 1. The van der Waals surface area contributed by atoms with Gasteiger partial charge in [-0.15, -0.1) is 0 Å². The number of para-hydroxylation sites is 1. The van der Waals surface area contributed by atoms with Crippen LogP contribution in [0.5, 0.6) is 5.75 Å². The van der Waals surface area contributed by atoms with E-state index < -0.39 is 0 Å². The topological polar surface area (TPSA) is 51.2 Å². The highest BCUT2D eigenvalue weighted by atomic mass is 16.5. The fraction of sp³-hybridized carbons (Fsp3) is 0.154. The summed E-state index contributed by atoms with van der Waals surface area (Å²) in [5.74, 6) is 0.650. The van der Waals surface area contributed by atoms with Crippen molar-refractivity contribution in [1.82, 2.24) is 4.98 Å². The van der Waals surface area contributed by atoms with Gasteiger partial charge in [-0.2, -0.15) is 0 Å². The number of rotatable bonds is 4. The van der Waals surface area contributed by atoms with Crippen molar-refractivity contribution in [2.45, 2.75) is 20.8 Å². The molecule has 0 saturated heterocycles. The van der Waals surface area contributed by atoms with E-state index in [4.69, 9.17) is 9.72 Å². The lowest BCUT2D eigenvalue weighted by Gasteiger charge is -2.17. The van der Waals surface area contributed by atoms with Gasteiger partial charge in [0.25, 0.3) is 5.91 Å². The van der Waals surface area contributed by atoms with Crippen LogP contribution in [0.1, 0.15) is 27.0 Å². The first-order valence-corrected chi connectivity index (χ1v) is 9.90. The largest absolute Gasteiger partial charge is 0.497 e. The number of aryl methyl sites for hydroxylation is 2. The molecule has 1 heterocycles. The number of carbonyl (C=O) groups is 1. The summed E-state index contributed by atoms with van der Waals surface area (Å²) in [6.07, 6.45) is 0. The number of hydrogen-bond donors (Lipinski definition) is 1. The average molecular weight is 396 g/mol. The summed E-state index contributed by atoms with van der Waals surface area (Å²) < 4.78 is 5.28. The van der Waals surface area contributed by atoms with Gasteiger partial charge in [0, 0.05) is 16.6 Å². The van der Waals surface area contributed by atoms with E-state index in [1.807, 2.05) is 81.4 Å². The molecule has 0 aliphatic rings. The summed E-state index contributed by atoms with van der Waals surface area (Å²) in [7, 11) is 1.65. The Hall–Kier alpha value is -3.66. The van der Waals surface area contributed by atoms with E-state index in [2.05, 4.69) is 11.4 Å². The molecule has 30 heavy (non-hydrogen) atoms. The maximum Gasteiger partial charge on any atom is 0.256 e. The molecule has 1 N–H and O–H groups in total. The van der Waals surface area contributed by atoms with E-state index in [0.29, 0.717) is 5.56 Å². The molecule has 150 valence electrons. The van der Waals surface area contributed by atoms with Crippen LogP contribution < -0.4 is 10.1 Å². The highest BCUT2D eigenvalue weighted by molar-refractivity contribution is 6.15. The second-order valence-electron chi connectivity index (χ2n) is 7.49. The summed E-state index contributed by atoms with van der Waals surface area (Å²) in [5.41, 5.74) is 7.02. The van der Waals surface area contributed by atoms with Crippen molar-refractivity contribution in [3.05, 3.63) is 89.0 Å². The van der Waals surface area contributed by atoms with Crippen LogP contribution in [0.15, 0.2) is 66.7 Å². The van der Waals surface area contributed by atoms with Gasteiger partial charge >= 0.3 is 0 Å². The molecule has 0 spiro atoms. The van der Waals surface area contributed by atoms with Gasteiger partial charge in [0.2, 0.25) is 0 Å². The fourth-order valence-electron chi connectivity index (χ4n) is 3.85. The number of fused-ring (bicyclic) bond motifs is 1. The molecule has 1 aromatic heterocycles.